The van der Waals surface area contributed by atoms with E-state index in [1.807, 2.05) is 0 Å². The molecule has 0 radical (unpaired) electrons. The summed E-state index contributed by atoms with van der Waals surface area (Å²) in [5.41, 5.74) is 0. The molecule has 4 heterocycles. The number of fused-ring (bicyclic) bond motifs is 1. The van der Waals surface area contributed by atoms with Gasteiger partial charge in [0.05, 0.1) is 6.61 Å². The second kappa shape index (κ2) is 18.0. The minimum absolute atomic E-state index is 0.0666. The lowest BCUT2D eigenvalue weighted by atomic mass is 9.92. The van der Waals surface area contributed by atoms with Crippen molar-refractivity contribution < 1.29 is 83.6 Å². The number of carbonyl (C=O) groups is 2. The van der Waals surface area contributed by atoms with E-state index in [0.29, 0.717) is 12.8 Å². The van der Waals surface area contributed by atoms with Crippen molar-refractivity contribution in [2.75, 3.05) is 13.7 Å². The largest absolute Gasteiger partial charge is 0.481 e. The van der Waals surface area contributed by atoms with Gasteiger partial charge < -0.3 is 74.0 Å². The second-order valence-corrected chi connectivity index (χ2v) is 12.5. The standard InChI is InChI=1S/C30H50O17/c1-41-29-26(46-27-20(38)18(36)17(35)15(13-31)42-27)24(44-28-21(39)19(37)25-30(45-25)47-28)22(40)23(43-29)14(32)11-9-7-5-3-2-4-6-8-10-12-16(33)34/h15,17-31,35-40H,2-13H2,1H3,(H,33,34)/t15?,17?,18?,19?,20?,21?,22-,23?,24?,25?,26?,27?,28?,29-,30?/m1/s1. The van der Waals surface area contributed by atoms with Gasteiger partial charge in [-0.15, -0.1) is 0 Å². The SMILES string of the molecule is CO[C@@H]1OC(C(=O)CCCCCCCCCCCC(=O)O)[C@@H](O)C(OC2OC3OC3C(O)C2O)C1OC1OC(CO)C(O)C(O)C1O. The van der Waals surface area contributed by atoms with E-state index in [4.69, 9.17) is 38.3 Å². The summed E-state index contributed by atoms with van der Waals surface area (Å²) in [5, 5.41) is 81.6. The summed E-state index contributed by atoms with van der Waals surface area (Å²) in [7, 11) is 1.23. The Morgan fingerprint density at radius 2 is 1.15 bits per heavy atom. The maximum absolute atomic E-state index is 13.3. The molecule has 0 saturated carbocycles. The molecule has 8 N–H and O–H groups in total. The van der Waals surface area contributed by atoms with Crippen molar-refractivity contribution in [1.29, 1.82) is 0 Å². The molecule has 17 nitrogen and oxygen atoms in total. The van der Waals surface area contributed by atoms with Crippen LogP contribution >= 0.6 is 0 Å². The van der Waals surface area contributed by atoms with Gasteiger partial charge in [0.2, 0.25) is 0 Å². The first kappa shape index (κ1) is 38.4. The maximum Gasteiger partial charge on any atom is 0.303 e. The molecule has 4 saturated heterocycles. The van der Waals surface area contributed by atoms with Gasteiger partial charge in [0.25, 0.3) is 0 Å². The molecule has 0 spiro atoms. The predicted octanol–water partition coefficient (Wildman–Crippen LogP) is -1.96. The summed E-state index contributed by atoms with van der Waals surface area (Å²) in [4.78, 5) is 23.9. The fourth-order valence-corrected chi connectivity index (χ4v) is 6.17. The highest BCUT2D eigenvalue weighted by Crippen LogP contribution is 2.39. The number of aliphatic hydroxyl groups excluding tert-OH is 7. The zero-order valence-electron chi connectivity index (χ0n) is 26.4. The fourth-order valence-electron chi connectivity index (χ4n) is 6.17. The van der Waals surface area contributed by atoms with E-state index >= 15 is 0 Å². The number of methoxy groups -OCH3 is 1. The summed E-state index contributed by atoms with van der Waals surface area (Å²) in [6.07, 6.45) is -14.1. The van der Waals surface area contributed by atoms with Crippen molar-refractivity contribution in [3.8, 4) is 0 Å². The minimum atomic E-state index is -1.82. The molecule has 0 bridgehead atoms. The number of ketones is 1. The lowest BCUT2D eigenvalue weighted by Gasteiger charge is -2.47. The van der Waals surface area contributed by atoms with E-state index in [0.717, 1.165) is 44.9 Å². The summed E-state index contributed by atoms with van der Waals surface area (Å²) >= 11 is 0. The van der Waals surface area contributed by atoms with Crippen LogP contribution in [0.25, 0.3) is 0 Å². The van der Waals surface area contributed by atoms with Crippen molar-refractivity contribution >= 4 is 11.8 Å². The van der Waals surface area contributed by atoms with Crippen LogP contribution in [0.3, 0.4) is 0 Å². The topological polar surface area (TPSA) is 264 Å². The highest BCUT2D eigenvalue weighted by atomic mass is 16.8. The number of ether oxygens (including phenoxy) is 7. The van der Waals surface area contributed by atoms with Gasteiger partial charge in [0.15, 0.2) is 30.9 Å². The first-order valence-electron chi connectivity index (χ1n) is 16.4. The van der Waals surface area contributed by atoms with Gasteiger partial charge in [0, 0.05) is 20.0 Å². The molecule has 0 amide bonds. The van der Waals surface area contributed by atoms with Crippen LogP contribution < -0.4 is 0 Å². The zero-order chi connectivity index (χ0) is 34.2. The van der Waals surface area contributed by atoms with Crippen molar-refractivity contribution in [3.63, 3.8) is 0 Å². The number of carbonyl (C=O) groups excluding carboxylic acids is 1. The number of carboxylic acids is 1. The average molecular weight is 683 g/mol. The van der Waals surface area contributed by atoms with Crippen molar-refractivity contribution in [2.45, 2.75) is 163 Å². The van der Waals surface area contributed by atoms with Crippen LogP contribution in [0.1, 0.15) is 70.6 Å². The summed E-state index contributed by atoms with van der Waals surface area (Å²) in [6.45, 7) is -0.726. The first-order chi connectivity index (χ1) is 22.5. The van der Waals surface area contributed by atoms with Crippen LogP contribution in [0.2, 0.25) is 0 Å². The molecule has 0 aliphatic carbocycles. The first-order valence-corrected chi connectivity index (χ1v) is 16.4. The van der Waals surface area contributed by atoms with Gasteiger partial charge in [0.1, 0.15) is 67.1 Å². The van der Waals surface area contributed by atoms with Crippen LogP contribution in [0.4, 0.5) is 0 Å². The van der Waals surface area contributed by atoms with E-state index in [1.54, 1.807) is 0 Å². The van der Waals surface area contributed by atoms with Crippen LogP contribution in [0.15, 0.2) is 0 Å². The fraction of sp³-hybridized carbons (Fsp3) is 0.933. The lowest BCUT2D eigenvalue weighted by Crippen LogP contribution is -2.66. The smallest absolute Gasteiger partial charge is 0.303 e. The van der Waals surface area contributed by atoms with Crippen molar-refractivity contribution in [3.05, 3.63) is 0 Å². The molecular formula is C30H50O17. The van der Waals surface area contributed by atoms with Gasteiger partial charge in [-0.3, -0.25) is 9.59 Å². The third-order valence-corrected chi connectivity index (χ3v) is 9.03. The third kappa shape index (κ3) is 9.85. The van der Waals surface area contributed by atoms with Gasteiger partial charge in [-0.05, 0) is 12.8 Å². The number of hydrogen-bond acceptors (Lipinski definition) is 16. The number of aliphatic hydroxyl groups is 7. The Kier molecular flexibility index (Phi) is 14.7. The molecule has 4 rings (SSSR count). The summed E-state index contributed by atoms with van der Waals surface area (Å²) in [6, 6.07) is 0. The molecule has 0 aromatic heterocycles. The lowest BCUT2D eigenvalue weighted by molar-refractivity contribution is -0.379. The molecule has 4 aliphatic heterocycles. The Bertz CT molecular complexity index is 984. The molecule has 15 atom stereocenters. The summed E-state index contributed by atoms with van der Waals surface area (Å²) < 4.78 is 39.2. The summed E-state index contributed by atoms with van der Waals surface area (Å²) in [5.74, 6) is -1.23. The highest BCUT2D eigenvalue weighted by molar-refractivity contribution is 5.84. The quantitative estimate of drug-likeness (QED) is 0.0543. The molecule has 272 valence electrons. The van der Waals surface area contributed by atoms with Crippen LogP contribution in [0, 0.1) is 0 Å². The third-order valence-electron chi connectivity index (χ3n) is 9.03. The molecule has 17 heteroatoms. The molecule has 4 aliphatic rings. The Hall–Kier alpha value is -1.42. The normalized spacial score (nSPS) is 41.7. The Balaban J connectivity index is 1.36. The van der Waals surface area contributed by atoms with Gasteiger partial charge in [-0.1, -0.05) is 44.9 Å². The van der Waals surface area contributed by atoms with E-state index in [-0.39, 0.29) is 12.8 Å². The minimum Gasteiger partial charge on any atom is -0.481 e. The van der Waals surface area contributed by atoms with Crippen molar-refractivity contribution in [1.82, 2.24) is 0 Å². The molecular weight excluding hydrogens is 632 g/mol. The Morgan fingerprint density at radius 3 is 1.74 bits per heavy atom. The molecule has 0 aromatic carbocycles. The molecule has 47 heavy (non-hydrogen) atoms. The number of epoxide rings is 1. The number of aliphatic carboxylic acids is 1. The molecule has 0 aromatic rings. The number of unbranched alkanes of at least 4 members (excludes halogenated alkanes) is 8. The predicted molar refractivity (Wildman–Crippen MR) is 154 cm³/mol. The van der Waals surface area contributed by atoms with Crippen LogP contribution in [0.5, 0.6) is 0 Å². The Morgan fingerprint density at radius 1 is 0.596 bits per heavy atom. The van der Waals surface area contributed by atoms with Gasteiger partial charge >= 0.3 is 5.97 Å². The van der Waals surface area contributed by atoms with E-state index in [9.17, 15) is 45.3 Å². The number of carboxylic acid groups (broad SMARTS) is 1. The number of Topliss-reactive ketones (excluding diaryl/α,β-unsaturated/α-hetero) is 1. The van der Waals surface area contributed by atoms with E-state index in [2.05, 4.69) is 0 Å². The highest BCUT2D eigenvalue weighted by Gasteiger charge is 2.59. The monoisotopic (exact) mass is 682 g/mol. The second-order valence-electron chi connectivity index (χ2n) is 12.5. The zero-order valence-corrected chi connectivity index (χ0v) is 26.4. The number of rotatable bonds is 19. The molecule has 4 fully saturated rings. The number of hydrogen-bond donors (Lipinski definition) is 8. The van der Waals surface area contributed by atoms with Gasteiger partial charge in [-0.25, -0.2) is 0 Å². The average Bonchev–Trinajstić information content (AvgIpc) is 3.83. The van der Waals surface area contributed by atoms with E-state index in [1.165, 1.54) is 7.11 Å². The van der Waals surface area contributed by atoms with Crippen molar-refractivity contribution in [2.24, 2.45) is 0 Å². The van der Waals surface area contributed by atoms with Gasteiger partial charge in [-0.2, -0.15) is 0 Å². The molecule has 13 unspecified atom stereocenters. The van der Waals surface area contributed by atoms with Crippen LogP contribution in [-0.2, 0) is 42.7 Å². The maximum atomic E-state index is 13.3. The Labute approximate surface area is 272 Å². The van der Waals surface area contributed by atoms with E-state index < -0.39 is 111 Å². The van der Waals surface area contributed by atoms with Crippen LogP contribution in [-0.4, -0.2) is 159 Å².